The summed E-state index contributed by atoms with van der Waals surface area (Å²) in [6, 6.07) is 14.2. The van der Waals surface area contributed by atoms with Crippen molar-refractivity contribution < 1.29 is 14.4 Å². The largest absolute Gasteiger partial charge is 0.336 e. The number of nitrogens with zero attached hydrogens (tertiary/aromatic N) is 2. The van der Waals surface area contributed by atoms with Crippen LogP contribution in [0.4, 0.5) is 0 Å². The summed E-state index contributed by atoms with van der Waals surface area (Å²) in [6.45, 7) is 2.98. The number of imide groups is 1. The summed E-state index contributed by atoms with van der Waals surface area (Å²) >= 11 is 1.67. The minimum atomic E-state index is -0.211. The first-order valence-electron chi connectivity index (χ1n) is 10.7. The molecule has 1 aliphatic heterocycles. The second kappa shape index (κ2) is 9.13. The van der Waals surface area contributed by atoms with Gasteiger partial charge < -0.3 is 4.90 Å². The minimum Gasteiger partial charge on any atom is -0.336 e. The predicted octanol–water partition coefficient (Wildman–Crippen LogP) is 3.80. The molecule has 2 atom stereocenters. The highest BCUT2D eigenvalue weighted by atomic mass is 32.1. The fourth-order valence-electron chi connectivity index (χ4n) is 4.58. The third-order valence-corrected chi connectivity index (χ3v) is 7.22. The summed E-state index contributed by atoms with van der Waals surface area (Å²) in [5, 5.41) is 0. The van der Waals surface area contributed by atoms with Gasteiger partial charge in [0.25, 0.3) is 0 Å². The van der Waals surface area contributed by atoms with Crippen LogP contribution in [0.25, 0.3) is 0 Å². The number of hydrogen-bond acceptors (Lipinski definition) is 4. The molecule has 30 heavy (non-hydrogen) atoms. The predicted molar refractivity (Wildman–Crippen MR) is 117 cm³/mol. The molecule has 158 valence electrons. The van der Waals surface area contributed by atoms with Crippen LogP contribution in [0.3, 0.4) is 0 Å². The smallest absolute Gasteiger partial charge is 0.243 e. The van der Waals surface area contributed by atoms with Gasteiger partial charge in [0.2, 0.25) is 17.7 Å². The fourth-order valence-corrected chi connectivity index (χ4v) is 5.49. The molecule has 0 bridgehead atoms. The van der Waals surface area contributed by atoms with Gasteiger partial charge in [-0.2, -0.15) is 0 Å². The molecule has 2 aromatic rings. The normalized spacial score (nSPS) is 21.0. The van der Waals surface area contributed by atoms with Gasteiger partial charge in [-0.05, 0) is 43.9 Å². The highest BCUT2D eigenvalue weighted by Gasteiger charge is 2.48. The topological polar surface area (TPSA) is 57.7 Å². The molecular formula is C24H28N2O3S. The highest BCUT2D eigenvalue weighted by molar-refractivity contribution is 7.11. The number of likely N-dealkylation sites (tertiary alicyclic amines) is 1. The molecule has 1 saturated carbocycles. The summed E-state index contributed by atoms with van der Waals surface area (Å²) in [6.07, 6.45) is 4.26. The van der Waals surface area contributed by atoms with Gasteiger partial charge >= 0.3 is 0 Å². The zero-order chi connectivity index (χ0) is 21.1. The molecule has 2 aliphatic rings. The summed E-state index contributed by atoms with van der Waals surface area (Å²) in [5.74, 6) is -0.869. The lowest BCUT2D eigenvalue weighted by atomic mass is 9.81. The number of aryl methyl sites for hydroxylation is 1. The monoisotopic (exact) mass is 424 g/mol. The highest BCUT2D eigenvalue weighted by Crippen LogP contribution is 2.38. The van der Waals surface area contributed by atoms with E-state index in [1.165, 1.54) is 9.78 Å². The van der Waals surface area contributed by atoms with E-state index in [-0.39, 0.29) is 36.1 Å². The Hall–Kier alpha value is -2.47. The summed E-state index contributed by atoms with van der Waals surface area (Å²) in [5.41, 5.74) is 1.16. The molecule has 0 N–H and O–H groups in total. The Bertz CT molecular complexity index is 900. The molecule has 1 aromatic heterocycles. The number of amides is 3. The average Bonchev–Trinajstić information content (AvgIpc) is 3.28. The van der Waals surface area contributed by atoms with Gasteiger partial charge in [0.1, 0.15) is 6.54 Å². The van der Waals surface area contributed by atoms with Crippen molar-refractivity contribution in [3.63, 3.8) is 0 Å². The second-order valence-electron chi connectivity index (χ2n) is 8.32. The third-order valence-electron chi connectivity index (χ3n) is 6.23. The minimum absolute atomic E-state index is 0.135. The first kappa shape index (κ1) is 20.8. The lowest BCUT2D eigenvalue weighted by Crippen LogP contribution is -2.43. The molecule has 1 aliphatic carbocycles. The zero-order valence-electron chi connectivity index (χ0n) is 17.4. The van der Waals surface area contributed by atoms with Crippen LogP contribution < -0.4 is 0 Å². The Morgan fingerprint density at radius 2 is 1.70 bits per heavy atom. The number of carbonyl (C=O) groups excluding carboxylic acids is 3. The SMILES string of the molecule is Cc1ccc(CN(CCc2ccccc2)C(=O)CN2C(=O)C3CCCCC3C2=O)s1. The van der Waals surface area contributed by atoms with Crippen molar-refractivity contribution in [2.24, 2.45) is 11.8 Å². The van der Waals surface area contributed by atoms with E-state index in [0.717, 1.165) is 42.5 Å². The Kier molecular flexibility index (Phi) is 6.32. The van der Waals surface area contributed by atoms with E-state index in [4.69, 9.17) is 0 Å². The number of thiophene rings is 1. The Morgan fingerprint density at radius 1 is 1.03 bits per heavy atom. The summed E-state index contributed by atoms with van der Waals surface area (Å²) in [7, 11) is 0. The third kappa shape index (κ3) is 4.48. The maximum Gasteiger partial charge on any atom is 0.243 e. The Morgan fingerprint density at radius 3 is 2.30 bits per heavy atom. The van der Waals surface area contributed by atoms with Gasteiger partial charge in [0, 0.05) is 16.3 Å². The van der Waals surface area contributed by atoms with Crippen LogP contribution in [-0.2, 0) is 27.3 Å². The van der Waals surface area contributed by atoms with Gasteiger partial charge in [-0.1, -0.05) is 43.2 Å². The van der Waals surface area contributed by atoms with E-state index in [9.17, 15) is 14.4 Å². The van der Waals surface area contributed by atoms with Crippen LogP contribution in [-0.4, -0.2) is 40.6 Å². The molecule has 1 aromatic carbocycles. The second-order valence-corrected chi connectivity index (χ2v) is 9.70. The Balaban J connectivity index is 1.46. The zero-order valence-corrected chi connectivity index (χ0v) is 18.2. The van der Waals surface area contributed by atoms with E-state index >= 15 is 0 Å². The van der Waals surface area contributed by atoms with Crippen molar-refractivity contribution in [1.29, 1.82) is 0 Å². The summed E-state index contributed by atoms with van der Waals surface area (Å²) < 4.78 is 0. The quantitative estimate of drug-likeness (QED) is 0.635. The van der Waals surface area contributed by atoms with Crippen LogP contribution in [0.15, 0.2) is 42.5 Å². The number of rotatable bonds is 7. The van der Waals surface area contributed by atoms with Crippen LogP contribution >= 0.6 is 11.3 Å². The van der Waals surface area contributed by atoms with E-state index < -0.39 is 0 Å². The average molecular weight is 425 g/mol. The van der Waals surface area contributed by atoms with E-state index in [1.807, 2.05) is 31.2 Å². The lowest BCUT2D eigenvalue weighted by Gasteiger charge is -2.25. The van der Waals surface area contributed by atoms with Crippen molar-refractivity contribution in [2.45, 2.75) is 45.6 Å². The van der Waals surface area contributed by atoms with E-state index in [2.05, 4.69) is 18.2 Å². The number of carbonyl (C=O) groups is 3. The van der Waals surface area contributed by atoms with Gasteiger partial charge in [-0.3, -0.25) is 19.3 Å². The maximum atomic E-state index is 13.2. The Labute approximate surface area is 181 Å². The number of hydrogen-bond donors (Lipinski definition) is 0. The van der Waals surface area contributed by atoms with Crippen molar-refractivity contribution in [2.75, 3.05) is 13.1 Å². The van der Waals surface area contributed by atoms with Gasteiger partial charge in [-0.25, -0.2) is 0 Å². The van der Waals surface area contributed by atoms with Crippen LogP contribution in [0, 0.1) is 18.8 Å². The first-order chi connectivity index (χ1) is 14.5. The standard InChI is InChI=1S/C24H28N2O3S/c1-17-11-12-19(30-17)15-25(14-13-18-7-3-2-4-8-18)22(27)16-26-23(28)20-9-5-6-10-21(20)24(26)29/h2-4,7-8,11-12,20-21H,5-6,9-10,13-16H2,1H3. The molecule has 4 rings (SSSR count). The molecular weight excluding hydrogens is 396 g/mol. The van der Waals surface area contributed by atoms with E-state index in [0.29, 0.717) is 13.1 Å². The first-order valence-corrected chi connectivity index (χ1v) is 11.6. The fraction of sp³-hybridized carbons (Fsp3) is 0.458. The van der Waals surface area contributed by atoms with Gasteiger partial charge in [0.15, 0.2) is 0 Å². The molecule has 3 amide bonds. The summed E-state index contributed by atoms with van der Waals surface area (Å²) in [4.78, 5) is 44.1. The molecule has 0 radical (unpaired) electrons. The van der Waals surface area contributed by atoms with Crippen LogP contribution in [0.2, 0.25) is 0 Å². The number of fused-ring (bicyclic) bond motifs is 1. The van der Waals surface area contributed by atoms with Crippen LogP contribution in [0.5, 0.6) is 0 Å². The van der Waals surface area contributed by atoms with Gasteiger partial charge in [0.05, 0.1) is 18.4 Å². The molecule has 5 nitrogen and oxygen atoms in total. The van der Waals surface area contributed by atoms with Crippen molar-refractivity contribution in [3.8, 4) is 0 Å². The molecule has 6 heteroatoms. The van der Waals surface area contributed by atoms with Crippen molar-refractivity contribution >= 4 is 29.1 Å². The molecule has 2 fully saturated rings. The van der Waals surface area contributed by atoms with Gasteiger partial charge in [-0.15, -0.1) is 11.3 Å². The van der Waals surface area contributed by atoms with Crippen molar-refractivity contribution in [3.05, 3.63) is 57.8 Å². The van der Waals surface area contributed by atoms with Crippen molar-refractivity contribution in [1.82, 2.24) is 9.80 Å². The molecule has 2 heterocycles. The maximum absolute atomic E-state index is 13.2. The number of benzene rings is 1. The lowest BCUT2D eigenvalue weighted by molar-refractivity contribution is -0.146. The molecule has 0 spiro atoms. The van der Waals surface area contributed by atoms with E-state index in [1.54, 1.807) is 16.2 Å². The molecule has 2 unspecified atom stereocenters. The van der Waals surface area contributed by atoms with Crippen LogP contribution in [0.1, 0.15) is 41.0 Å². The molecule has 1 saturated heterocycles.